The lowest BCUT2D eigenvalue weighted by Gasteiger charge is -2.29. The second-order valence-electron chi connectivity index (χ2n) is 5.49. The van der Waals surface area contributed by atoms with Gasteiger partial charge in [0.2, 0.25) is 0 Å². The Kier molecular flexibility index (Phi) is 5.63. The van der Waals surface area contributed by atoms with Gasteiger partial charge in [-0.2, -0.15) is 0 Å². The molecule has 0 unspecified atom stereocenters. The van der Waals surface area contributed by atoms with E-state index in [1.807, 2.05) is 0 Å². The normalized spacial score (nSPS) is 12.1. The SMILES string of the molecule is CN(CCc1cccc(Br)c1)CC(C)(C)CN. The van der Waals surface area contributed by atoms with E-state index in [2.05, 4.69) is 66.0 Å². The Morgan fingerprint density at radius 3 is 2.65 bits per heavy atom. The molecule has 0 saturated carbocycles. The van der Waals surface area contributed by atoms with Crippen molar-refractivity contribution in [1.29, 1.82) is 0 Å². The first kappa shape index (κ1) is 14.7. The van der Waals surface area contributed by atoms with Crippen LogP contribution >= 0.6 is 15.9 Å². The van der Waals surface area contributed by atoms with Gasteiger partial charge in [0.25, 0.3) is 0 Å². The molecule has 3 heteroatoms. The predicted molar refractivity (Wildman–Crippen MR) is 78.2 cm³/mol. The van der Waals surface area contributed by atoms with Crippen molar-refractivity contribution in [2.45, 2.75) is 20.3 Å². The zero-order valence-electron chi connectivity index (χ0n) is 11.0. The number of likely N-dealkylation sites (N-methyl/N-ethyl adjacent to an activating group) is 1. The van der Waals surface area contributed by atoms with Crippen LogP contribution in [0.5, 0.6) is 0 Å². The summed E-state index contributed by atoms with van der Waals surface area (Å²) in [6.07, 6.45) is 1.08. The number of hydrogen-bond donors (Lipinski definition) is 1. The predicted octanol–water partition coefficient (Wildman–Crippen LogP) is 2.91. The van der Waals surface area contributed by atoms with Gasteiger partial charge >= 0.3 is 0 Å². The molecule has 1 aromatic rings. The van der Waals surface area contributed by atoms with E-state index < -0.39 is 0 Å². The zero-order chi connectivity index (χ0) is 12.9. The molecular weight excluding hydrogens is 276 g/mol. The average Bonchev–Trinajstić information content (AvgIpc) is 2.26. The molecule has 0 radical (unpaired) electrons. The molecule has 0 fully saturated rings. The van der Waals surface area contributed by atoms with Crippen molar-refractivity contribution < 1.29 is 0 Å². The van der Waals surface area contributed by atoms with Gasteiger partial charge in [0.1, 0.15) is 0 Å². The molecule has 1 rings (SSSR count). The Morgan fingerprint density at radius 2 is 2.06 bits per heavy atom. The fourth-order valence-corrected chi connectivity index (χ4v) is 2.33. The summed E-state index contributed by atoms with van der Waals surface area (Å²) < 4.78 is 1.15. The molecule has 1 aromatic carbocycles. The van der Waals surface area contributed by atoms with E-state index in [9.17, 15) is 0 Å². The minimum absolute atomic E-state index is 0.200. The summed E-state index contributed by atoms with van der Waals surface area (Å²) in [5, 5.41) is 0. The fourth-order valence-electron chi connectivity index (χ4n) is 1.89. The van der Waals surface area contributed by atoms with E-state index in [0.29, 0.717) is 0 Å². The zero-order valence-corrected chi connectivity index (χ0v) is 12.6. The third kappa shape index (κ3) is 5.66. The van der Waals surface area contributed by atoms with Crippen LogP contribution in [-0.2, 0) is 6.42 Å². The van der Waals surface area contributed by atoms with E-state index >= 15 is 0 Å². The van der Waals surface area contributed by atoms with Gasteiger partial charge in [-0.25, -0.2) is 0 Å². The van der Waals surface area contributed by atoms with E-state index in [1.54, 1.807) is 0 Å². The van der Waals surface area contributed by atoms with Crippen LogP contribution in [0.4, 0.5) is 0 Å². The molecule has 2 N–H and O–H groups in total. The highest BCUT2D eigenvalue weighted by atomic mass is 79.9. The van der Waals surface area contributed by atoms with Crippen LogP contribution in [0.25, 0.3) is 0 Å². The minimum atomic E-state index is 0.200. The Bertz CT molecular complexity index is 350. The van der Waals surface area contributed by atoms with Crippen LogP contribution in [0, 0.1) is 5.41 Å². The van der Waals surface area contributed by atoms with Crippen LogP contribution in [0.3, 0.4) is 0 Å². The molecule has 2 nitrogen and oxygen atoms in total. The van der Waals surface area contributed by atoms with Gasteiger partial charge < -0.3 is 10.6 Å². The topological polar surface area (TPSA) is 29.3 Å². The van der Waals surface area contributed by atoms with Crippen LogP contribution < -0.4 is 5.73 Å². The molecule has 0 aromatic heterocycles. The largest absolute Gasteiger partial charge is 0.330 e. The number of nitrogens with two attached hydrogens (primary N) is 1. The van der Waals surface area contributed by atoms with E-state index in [0.717, 1.165) is 30.5 Å². The lowest BCUT2D eigenvalue weighted by molar-refractivity contribution is 0.218. The van der Waals surface area contributed by atoms with E-state index in [-0.39, 0.29) is 5.41 Å². The fraction of sp³-hybridized carbons (Fsp3) is 0.571. The van der Waals surface area contributed by atoms with Gasteiger partial charge in [-0.1, -0.05) is 41.9 Å². The molecule has 0 spiro atoms. The number of halogens is 1. The highest BCUT2D eigenvalue weighted by Gasteiger charge is 2.17. The summed E-state index contributed by atoms with van der Waals surface area (Å²) in [5.74, 6) is 0. The van der Waals surface area contributed by atoms with Crippen molar-refractivity contribution in [3.63, 3.8) is 0 Å². The summed E-state index contributed by atoms with van der Waals surface area (Å²) in [4.78, 5) is 2.35. The molecule has 0 atom stereocenters. The average molecular weight is 299 g/mol. The molecule has 0 aliphatic carbocycles. The Morgan fingerprint density at radius 1 is 1.35 bits per heavy atom. The molecule has 96 valence electrons. The van der Waals surface area contributed by atoms with E-state index in [1.165, 1.54) is 5.56 Å². The van der Waals surface area contributed by atoms with Crippen molar-refractivity contribution in [2.24, 2.45) is 11.1 Å². The third-order valence-corrected chi connectivity index (χ3v) is 3.42. The van der Waals surface area contributed by atoms with Crippen molar-refractivity contribution >= 4 is 15.9 Å². The first-order valence-corrected chi connectivity index (χ1v) is 6.85. The summed E-state index contributed by atoms with van der Waals surface area (Å²) in [5.41, 5.74) is 7.32. The Balaban J connectivity index is 2.40. The summed E-state index contributed by atoms with van der Waals surface area (Å²) in [6.45, 7) is 7.26. The monoisotopic (exact) mass is 298 g/mol. The van der Waals surface area contributed by atoms with Gasteiger partial charge in [0, 0.05) is 17.6 Å². The van der Waals surface area contributed by atoms with Crippen LogP contribution in [0.1, 0.15) is 19.4 Å². The van der Waals surface area contributed by atoms with Crippen LogP contribution in [-0.4, -0.2) is 31.6 Å². The third-order valence-electron chi connectivity index (χ3n) is 2.92. The van der Waals surface area contributed by atoms with Gasteiger partial charge in [-0.15, -0.1) is 0 Å². The quantitative estimate of drug-likeness (QED) is 0.875. The van der Waals surface area contributed by atoms with Crippen molar-refractivity contribution in [2.75, 3.05) is 26.7 Å². The molecule has 0 saturated heterocycles. The van der Waals surface area contributed by atoms with Crippen molar-refractivity contribution in [3.8, 4) is 0 Å². The second-order valence-corrected chi connectivity index (χ2v) is 6.40. The first-order valence-electron chi connectivity index (χ1n) is 6.06. The van der Waals surface area contributed by atoms with Gasteiger partial charge in [-0.3, -0.25) is 0 Å². The lowest BCUT2D eigenvalue weighted by Crippen LogP contribution is -2.37. The molecular formula is C14H23BrN2. The van der Waals surface area contributed by atoms with Crippen LogP contribution in [0.2, 0.25) is 0 Å². The highest BCUT2D eigenvalue weighted by molar-refractivity contribution is 9.10. The molecule has 0 bridgehead atoms. The van der Waals surface area contributed by atoms with Gasteiger partial charge in [0.15, 0.2) is 0 Å². The molecule has 0 aliphatic heterocycles. The number of benzene rings is 1. The highest BCUT2D eigenvalue weighted by Crippen LogP contribution is 2.15. The molecule has 0 amide bonds. The van der Waals surface area contributed by atoms with Crippen molar-refractivity contribution in [3.05, 3.63) is 34.3 Å². The lowest BCUT2D eigenvalue weighted by atomic mass is 9.93. The van der Waals surface area contributed by atoms with E-state index in [4.69, 9.17) is 5.73 Å². The number of hydrogen-bond acceptors (Lipinski definition) is 2. The maximum absolute atomic E-state index is 5.75. The van der Waals surface area contributed by atoms with Gasteiger partial charge in [-0.05, 0) is 43.1 Å². The molecule has 17 heavy (non-hydrogen) atoms. The van der Waals surface area contributed by atoms with Crippen LogP contribution in [0.15, 0.2) is 28.7 Å². The molecule has 0 aliphatic rings. The smallest absolute Gasteiger partial charge is 0.0178 e. The number of nitrogens with zero attached hydrogens (tertiary/aromatic N) is 1. The van der Waals surface area contributed by atoms with Crippen molar-refractivity contribution in [1.82, 2.24) is 4.90 Å². The minimum Gasteiger partial charge on any atom is -0.330 e. The standard InChI is InChI=1S/C14H23BrN2/c1-14(2,10-16)11-17(3)8-7-12-5-4-6-13(15)9-12/h4-6,9H,7-8,10-11,16H2,1-3H3. The number of rotatable bonds is 6. The Hall–Kier alpha value is -0.380. The summed E-state index contributed by atoms with van der Waals surface area (Å²) >= 11 is 3.50. The second kappa shape index (κ2) is 6.53. The maximum atomic E-state index is 5.75. The summed E-state index contributed by atoms with van der Waals surface area (Å²) in [6, 6.07) is 8.50. The molecule has 0 heterocycles. The van der Waals surface area contributed by atoms with Gasteiger partial charge in [0.05, 0.1) is 0 Å². The first-order chi connectivity index (χ1) is 7.93. The maximum Gasteiger partial charge on any atom is 0.0178 e. The summed E-state index contributed by atoms with van der Waals surface area (Å²) in [7, 11) is 2.16. The Labute approximate surface area is 113 Å².